The van der Waals surface area contributed by atoms with Gasteiger partial charge in [0, 0.05) is 48.7 Å². The number of rotatable bonds is 7. The number of nitrogens with zero attached hydrogens (tertiary/aromatic N) is 3. The van der Waals surface area contributed by atoms with Gasteiger partial charge in [-0.15, -0.1) is 11.3 Å². The number of hydrogen-bond acceptors (Lipinski definition) is 6. The van der Waals surface area contributed by atoms with Gasteiger partial charge in [0.15, 0.2) is 5.13 Å². The Morgan fingerprint density at radius 1 is 1.06 bits per heavy atom. The first-order valence-corrected chi connectivity index (χ1v) is 13.4. The number of hydrogen-bond donors (Lipinski definition) is 1. The highest BCUT2D eigenvalue weighted by Crippen LogP contribution is 2.22. The minimum absolute atomic E-state index is 0.0838. The van der Waals surface area contributed by atoms with Gasteiger partial charge in [0.05, 0.1) is 10.6 Å². The van der Waals surface area contributed by atoms with Crippen molar-refractivity contribution in [3.05, 3.63) is 70.2 Å². The average Bonchev–Trinajstić information content (AvgIpc) is 3.25. The molecule has 174 valence electrons. The van der Waals surface area contributed by atoms with E-state index in [1.807, 2.05) is 36.1 Å². The van der Waals surface area contributed by atoms with Crippen molar-refractivity contribution < 1.29 is 13.2 Å². The summed E-state index contributed by atoms with van der Waals surface area (Å²) in [5.41, 5.74) is 2.80. The number of anilines is 2. The molecule has 0 radical (unpaired) electrons. The van der Waals surface area contributed by atoms with E-state index in [2.05, 4.69) is 14.6 Å². The van der Waals surface area contributed by atoms with E-state index < -0.39 is 10.0 Å². The number of thiazole rings is 1. The van der Waals surface area contributed by atoms with Crippen LogP contribution in [0.4, 0.5) is 10.8 Å². The summed E-state index contributed by atoms with van der Waals surface area (Å²) >= 11 is 7.18. The maximum Gasteiger partial charge on any atom is 0.263 e. The lowest BCUT2D eigenvalue weighted by molar-refractivity contribution is -0.131. The van der Waals surface area contributed by atoms with Crippen molar-refractivity contribution in [1.82, 2.24) is 9.88 Å². The molecule has 1 saturated heterocycles. The van der Waals surface area contributed by atoms with Crippen molar-refractivity contribution in [2.75, 3.05) is 35.8 Å². The molecule has 1 amide bonds. The van der Waals surface area contributed by atoms with Crippen molar-refractivity contribution in [2.24, 2.45) is 0 Å². The molecular weight excluding hydrogens is 480 g/mol. The summed E-state index contributed by atoms with van der Waals surface area (Å²) in [6, 6.07) is 14.4. The molecule has 1 aliphatic heterocycles. The number of amides is 1. The van der Waals surface area contributed by atoms with Gasteiger partial charge in [0.25, 0.3) is 10.0 Å². The summed E-state index contributed by atoms with van der Waals surface area (Å²) in [5, 5.41) is 2.80. The van der Waals surface area contributed by atoms with Crippen LogP contribution in [0.25, 0.3) is 0 Å². The molecule has 0 spiro atoms. The van der Waals surface area contributed by atoms with Gasteiger partial charge in [-0.1, -0.05) is 29.3 Å². The topological polar surface area (TPSA) is 82.6 Å². The summed E-state index contributed by atoms with van der Waals surface area (Å²) in [6.45, 7) is 4.78. The van der Waals surface area contributed by atoms with Crippen LogP contribution in [0.3, 0.4) is 0 Å². The average molecular weight is 505 g/mol. The molecular formula is C23H25ClN4O3S2. The van der Waals surface area contributed by atoms with Crippen molar-refractivity contribution in [1.29, 1.82) is 0 Å². The summed E-state index contributed by atoms with van der Waals surface area (Å²) in [6.07, 6.45) is 0.813. The van der Waals surface area contributed by atoms with Crippen molar-refractivity contribution in [3.63, 3.8) is 0 Å². The van der Waals surface area contributed by atoms with Crippen molar-refractivity contribution in [3.8, 4) is 0 Å². The molecule has 1 N–H and O–H groups in total. The smallest absolute Gasteiger partial charge is 0.263 e. The van der Waals surface area contributed by atoms with Gasteiger partial charge < -0.3 is 9.80 Å². The van der Waals surface area contributed by atoms with Gasteiger partial charge in [0.2, 0.25) is 5.91 Å². The van der Waals surface area contributed by atoms with E-state index in [1.165, 1.54) is 11.3 Å². The molecule has 1 aromatic heterocycles. The van der Waals surface area contributed by atoms with Crippen LogP contribution in [-0.4, -0.2) is 50.4 Å². The molecule has 7 nitrogen and oxygen atoms in total. The van der Waals surface area contributed by atoms with Crippen LogP contribution in [0.5, 0.6) is 0 Å². The second-order valence-electron chi connectivity index (χ2n) is 7.91. The quantitative estimate of drug-likeness (QED) is 0.521. The van der Waals surface area contributed by atoms with E-state index in [4.69, 9.17) is 11.6 Å². The summed E-state index contributed by atoms with van der Waals surface area (Å²) < 4.78 is 27.6. The minimum Gasteiger partial charge on any atom is -0.368 e. The molecule has 1 aliphatic rings. The van der Waals surface area contributed by atoms with E-state index in [0.717, 1.165) is 24.3 Å². The number of nitrogens with one attached hydrogen (secondary N) is 1. The van der Waals surface area contributed by atoms with E-state index >= 15 is 0 Å². The SMILES string of the molecule is Cc1ccc(S(=O)(=O)Nc2nc(CCC(=O)N3CCN(c4ccc(Cl)cc4)CC3)cs2)cc1. The fourth-order valence-electron chi connectivity index (χ4n) is 3.62. The number of piperazine rings is 1. The molecule has 1 fully saturated rings. The third kappa shape index (κ3) is 6.04. The third-order valence-corrected chi connectivity index (χ3v) is 8.07. The van der Waals surface area contributed by atoms with Gasteiger partial charge in [-0.3, -0.25) is 9.52 Å². The Bertz CT molecular complexity index is 1200. The van der Waals surface area contributed by atoms with Gasteiger partial charge in [-0.05, 0) is 49.7 Å². The molecule has 2 aromatic carbocycles. The number of benzene rings is 2. The van der Waals surface area contributed by atoms with Crippen LogP contribution in [0, 0.1) is 6.92 Å². The monoisotopic (exact) mass is 504 g/mol. The Kier molecular flexibility index (Phi) is 7.21. The molecule has 3 aromatic rings. The zero-order valence-corrected chi connectivity index (χ0v) is 20.6. The Labute approximate surface area is 203 Å². The molecule has 0 saturated carbocycles. The molecule has 4 rings (SSSR count). The maximum absolute atomic E-state index is 12.7. The van der Waals surface area contributed by atoms with Crippen molar-refractivity contribution in [2.45, 2.75) is 24.7 Å². The number of carbonyl (C=O) groups excluding carboxylic acids is 1. The predicted octanol–water partition coefficient (Wildman–Crippen LogP) is 4.19. The maximum atomic E-state index is 12.7. The Balaban J connectivity index is 1.26. The van der Waals surface area contributed by atoms with Crippen LogP contribution >= 0.6 is 22.9 Å². The fraction of sp³-hybridized carbons (Fsp3) is 0.304. The molecule has 33 heavy (non-hydrogen) atoms. The van der Waals surface area contributed by atoms with E-state index in [9.17, 15) is 13.2 Å². The van der Waals surface area contributed by atoms with Crippen LogP contribution < -0.4 is 9.62 Å². The Morgan fingerprint density at radius 2 is 1.73 bits per heavy atom. The molecule has 0 atom stereocenters. The lowest BCUT2D eigenvalue weighted by atomic mass is 10.2. The molecule has 0 bridgehead atoms. The normalized spacial score (nSPS) is 14.4. The minimum atomic E-state index is -3.68. The highest BCUT2D eigenvalue weighted by atomic mass is 35.5. The van der Waals surface area contributed by atoms with Gasteiger partial charge in [-0.25, -0.2) is 13.4 Å². The number of aryl methyl sites for hydroxylation is 2. The first kappa shape index (κ1) is 23.5. The first-order valence-electron chi connectivity index (χ1n) is 10.6. The zero-order valence-electron chi connectivity index (χ0n) is 18.2. The summed E-state index contributed by atoms with van der Waals surface area (Å²) in [7, 11) is -3.68. The molecule has 10 heteroatoms. The highest BCUT2D eigenvalue weighted by molar-refractivity contribution is 7.93. The standard InChI is InChI=1S/C23H25ClN4O3S2/c1-17-2-9-21(10-3-17)33(30,31)26-23-25-19(16-32-23)6-11-22(29)28-14-12-27(13-15-28)20-7-4-18(24)5-8-20/h2-5,7-10,16H,6,11-15H2,1H3,(H,25,26). The van der Waals surface area contributed by atoms with E-state index in [1.54, 1.807) is 29.6 Å². The van der Waals surface area contributed by atoms with E-state index in [0.29, 0.717) is 41.8 Å². The number of aromatic nitrogens is 1. The number of carbonyl (C=O) groups is 1. The fourth-order valence-corrected chi connectivity index (χ4v) is 5.74. The lowest BCUT2D eigenvalue weighted by Gasteiger charge is -2.36. The van der Waals surface area contributed by atoms with Crippen LogP contribution in [0.2, 0.25) is 5.02 Å². The van der Waals surface area contributed by atoms with Gasteiger partial charge in [-0.2, -0.15) is 0 Å². The van der Waals surface area contributed by atoms with E-state index in [-0.39, 0.29) is 10.8 Å². The summed E-state index contributed by atoms with van der Waals surface area (Å²) in [5.74, 6) is 0.0838. The number of halogens is 1. The van der Waals surface area contributed by atoms with Gasteiger partial charge in [0.1, 0.15) is 0 Å². The Morgan fingerprint density at radius 3 is 2.39 bits per heavy atom. The first-order chi connectivity index (χ1) is 15.8. The Hall–Kier alpha value is -2.62. The second kappa shape index (κ2) is 10.1. The second-order valence-corrected chi connectivity index (χ2v) is 10.9. The van der Waals surface area contributed by atoms with Crippen LogP contribution in [0.1, 0.15) is 17.7 Å². The largest absolute Gasteiger partial charge is 0.368 e. The van der Waals surface area contributed by atoms with Gasteiger partial charge >= 0.3 is 0 Å². The number of sulfonamides is 1. The van der Waals surface area contributed by atoms with Crippen LogP contribution in [0.15, 0.2) is 58.8 Å². The third-order valence-electron chi connectivity index (χ3n) is 5.52. The lowest BCUT2D eigenvalue weighted by Crippen LogP contribution is -2.48. The van der Waals surface area contributed by atoms with Crippen LogP contribution in [-0.2, 0) is 21.2 Å². The molecule has 0 aliphatic carbocycles. The summed E-state index contributed by atoms with van der Waals surface area (Å²) in [4.78, 5) is 21.3. The predicted molar refractivity (Wildman–Crippen MR) is 133 cm³/mol. The highest BCUT2D eigenvalue weighted by Gasteiger charge is 2.22. The molecule has 0 unspecified atom stereocenters. The molecule has 2 heterocycles. The zero-order chi connectivity index (χ0) is 23.4. The van der Waals surface area contributed by atoms with Crippen molar-refractivity contribution >= 4 is 49.7 Å².